The van der Waals surface area contributed by atoms with Crippen molar-refractivity contribution in [3.63, 3.8) is 0 Å². The maximum atomic E-state index is 12.9. The van der Waals surface area contributed by atoms with E-state index < -0.39 is 21.6 Å². The lowest BCUT2D eigenvalue weighted by Gasteiger charge is -2.15. The van der Waals surface area contributed by atoms with Gasteiger partial charge < -0.3 is 15.7 Å². The van der Waals surface area contributed by atoms with Crippen LogP contribution in [-0.2, 0) is 16.4 Å². The molecule has 0 saturated carbocycles. The van der Waals surface area contributed by atoms with Crippen LogP contribution in [0.1, 0.15) is 5.56 Å². The molecule has 2 aromatic heterocycles. The average Bonchev–Trinajstić information content (AvgIpc) is 3.44. The van der Waals surface area contributed by atoms with Crippen molar-refractivity contribution in [1.29, 1.82) is 0 Å². The van der Waals surface area contributed by atoms with Crippen LogP contribution in [0, 0.1) is 0 Å². The number of nitrogens with zero attached hydrogens (tertiary/aromatic N) is 1. The van der Waals surface area contributed by atoms with Crippen molar-refractivity contribution in [2.24, 2.45) is 0 Å². The first-order valence-corrected chi connectivity index (χ1v) is 13.2. The highest BCUT2D eigenvalue weighted by Gasteiger charge is 2.21. The summed E-state index contributed by atoms with van der Waals surface area (Å²) in [7, 11) is -4.10. The fourth-order valence-corrected chi connectivity index (χ4v) is 6.62. The Labute approximate surface area is 213 Å². The Morgan fingerprint density at radius 1 is 1.09 bits per heavy atom. The smallest absolute Gasteiger partial charge is 0.333 e. The first-order chi connectivity index (χ1) is 16.6. The SMILES string of the molecule is O=C(Nc1ccc(-n2c(O)c3ccc4c(c3cc2=O)CCN4)c(Cl)c1)NS(=O)(=O)c1ccc(Cl)s1. The highest BCUT2D eigenvalue weighted by molar-refractivity contribution is 7.92. The van der Waals surface area contributed by atoms with Crippen LogP contribution in [0.2, 0.25) is 9.36 Å². The third-order valence-electron chi connectivity index (χ3n) is 5.48. The highest BCUT2D eigenvalue weighted by atomic mass is 35.5. The Kier molecular flexibility index (Phi) is 5.88. The molecule has 0 radical (unpaired) electrons. The quantitative estimate of drug-likeness (QED) is 0.295. The van der Waals surface area contributed by atoms with Crippen LogP contribution in [0.3, 0.4) is 0 Å². The number of hydrogen-bond acceptors (Lipinski definition) is 7. The third kappa shape index (κ3) is 4.31. The zero-order valence-electron chi connectivity index (χ0n) is 17.6. The first kappa shape index (κ1) is 23.5. The molecule has 35 heavy (non-hydrogen) atoms. The molecule has 4 N–H and O–H groups in total. The van der Waals surface area contributed by atoms with Gasteiger partial charge in [-0.25, -0.2) is 22.5 Å². The number of sulfonamides is 1. The Morgan fingerprint density at radius 3 is 2.60 bits per heavy atom. The van der Waals surface area contributed by atoms with E-state index in [2.05, 4.69) is 10.6 Å². The van der Waals surface area contributed by atoms with Gasteiger partial charge in [-0.1, -0.05) is 23.2 Å². The maximum Gasteiger partial charge on any atom is 0.333 e. The lowest BCUT2D eigenvalue weighted by atomic mass is 10.0. The van der Waals surface area contributed by atoms with E-state index in [9.17, 15) is 23.1 Å². The summed E-state index contributed by atoms with van der Waals surface area (Å²) in [4.78, 5) is 25.2. The first-order valence-electron chi connectivity index (χ1n) is 10.2. The molecule has 0 aliphatic carbocycles. The molecule has 1 aliphatic rings. The number of thiophene rings is 1. The number of pyridine rings is 1. The fourth-order valence-electron chi connectivity index (χ4n) is 3.96. The minimum atomic E-state index is -4.10. The summed E-state index contributed by atoms with van der Waals surface area (Å²) in [6.45, 7) is 0.758. The number of aromatic hydroxyl groups is 1. The van der Waals surface area contributed by atoms with Crippen molar-refractivity contribution < 1.29 is 18.3 Å². The average molecular weight is 551 g/mol. The van der Waals surface area contributed by atoms with Crippen LogP contribution in [-0.4, -0.2) is 30.7 Å². The van der Waals surface area contributed by atoms with Gasteiger partial charge in [0.1, 0.15) is 4.21 Å². The summed E-state index contributed by atoms with van der Waals surface area (Å²) >= 11 is 13.0. The predicted molar refractivity (Wildman–Crippen MR) is 137 cm³/mol. The van der Waals surface area contributed by atoms with Crippen LogP contribution < -0.4 is 20.9 Å². The maximum absolute atomic E-state index is 12.9. The standard InChI is InChI=1S/C22H16Cl2N4O5S2/c23-15-9-11(26-22(31)27-35(32,33)20-6-5-18(24)34-20)1-4-17(15)28-19(29)10-14-12-7-8-25-16(12)3-2-13(14)21(28)30/h1-6,9-10,25,30H,7-8H2,(H2,26,27,31). The molecular formula is C22H16Cl2N4O5S2. The van der Waals surface area contributed by atoms with Crippen molar-refractivity contribution in [1.82, 2.24) is 9.29 Å². The van der Waals surface area contributed by atoms with Crippen molar-refractivity contribution in [3.8, 4) is 11.6 Å². The van der Waals surface area contributed by atoms with Crippen molar-refractivity contribution in [2.45, 2.75) is 10.6 Å². The van der Waals surface area contributed by atoms with Gasteiger partial charge in [0.05, 0.1) is 15.0 Å². The molecule has 2 aromatic carbocycles. The molecule has 4 aromatic rings. The summed E-state index contributed by atoms with van der Waals surface area (Å²) in [5.41, 5.74) is 1.80. The van der Waals surface area contributed by atoms with E-state index in [1.54, 1.807) is 6.07 Å². The molecule has 0 bridgehead atoms. The van der Waals surface area contributed by atoms with E-state index in [1.165, 1.54) is 36.4 Å². The minimum Gasteiger partial charge on any atom is -0.494 e. The number of nitrogens with one attached hydrogen (secondary N) is 3. The molecule has 0 saturated heterocycles. The number of carbonyl (C=O) groups is 1. The second kappa shape index (κ2) is 8.76. The number of hydrogen-bond donors (Lipinski definition) is 4. The minimum absolute atomic E-state index is 0.0512. The van der Waals surface area contributed by atoms with Gasteiger partial charge in [0.2, 0.25) is 5.88 Å². The summed E-state index contributed by atoms with van der Waals surface area (Å²) in [5.74, 6) is -0.261. The van der Waals surface area contributed by atoms with E-state index in [-0.39, 0.29) is 30.8 Å². The zero-order valence-corrected chi connectivity index (χ0v) is 20.8. The molecule has 1 aliphatic heterocycles. The Bertz CT molecular complexity index is 1680. The van der Waals surface area contributed by atoms with Gasteiger partial charge in [-0.3, -0.25) is 4.79 Å². The molecule has 3 heterocycles. The number of urea groups is 1. The molecule has 0 atom stereocenters. The molecule has 0 spiro atoms. The van der Waals surface area contributed by atoms with Crippen molar-refractivity contribution in [3.05, 3.63) is 73.8 Å². The van der Waals surface area contributed by atoms with Gasteiger partial charge in [-0.05, 0) is 59.8 Å². The van der Waals surface area contributed by atoms with Crippen LogP contribution in [0.5, 0.6) is 5.88 Å². The molecule has 9 nitrogen and oxygen atoms in total. The molecule has 5 rings (SSSR count). The van der Waals surface area contributed by atoms with Crippen LogP contribution in [0.15, 0.2) is 57.5 Å². The number of rotatable bonds is 4. The summed E-state index contributed by atoms with van der Waals surface area (Å²) in [6.07, 6.45) is 0.744. The number of amides is 2. The van der Waals surface area contributed by atoms with E-state index in [0.29, 0.717) is 10.8 Å². The summed E-state index contributed by atoms with van der Waals surface area (Å²) in [5, 5.41) is 17.8. The Balaban J connectivity index is 1.43. The fraction of sp³-hybridized carbons (Fsp3) is 0.0909. The van der Waals surface area contributed by atoms with Crippen LogP contribution >= 0.6 is 34.5 Å². The van der Waals surface area contributed by atoms with E-state index in [1.807, 2.05) is 10.8 Å². The lowest BCUT2D eigenvalue weighted by molar-refractivity contribution is 0.256. The number of halogens is 2. The summed E-state index contributed by atoms with van der Waals surface area (Å²) in [6, 6.07) is 10.9. The number of anilines is 2. The second-order valence-corrected chi connectivity index (χ2v) is 11.7. The van der Waals surface area contributed by atoms with Gasteiger partial charge in [0.15, 0.2) is 0 Å². The highest BCUT2D eigenvalue weighted by Crippen LogP contribution is 2.35. The van der Waals surface area contributed by atoms with Gasteiger partial charge in [0.25, 0.3) is 15.6 Å². The van der Waals surface area contributed by atoms with Gasteiger partial charge in [-0.15, -0.1) is 11.3 Å². The zero-order chi connectivity index (χ0) is 24.9. The van der Waals surface area contributed by atoms with Gasteiger partial charge >= 0.3 is 6.03 Å². The Hall–Kier alpha value is -3.25. The van der Waals surface area contributed by atoms with Gasteiger partial charge in [-0.2, -0.15) is 0 Å². The van der Waals surface area contributed by atoms with Crippen LogP contribution in [0.4, 0.5) is 16.2 Å². The largest absolute Gasteiger partial charge is 0.494 e. The van der Waals surface area contributed by atoms with Crippen LogP contribution in [0.25, 0.3) is 16.5 Å². The Morgan fingerprint density at radius 2 is 1.89 bits per heavy atom. The van der Waals surface area contributed by atoms with Crippen molar-refractivity contribution >= 4 is 72.7 Å². The number of fused-ring (bicyclic) bond motifs is 3. The molecule has 2 amide bonds. The monoisotopic (exact) mass is 550 g/mol. The van der Waals surface area contributed by atoms with E-state index >= 15 is 0 Å². The number of carbonyl (C=O) groups excluding carboxylic acids is 1. The van der Waals surface area contributed by atoms with E-state index in [4.69, 9.17) is 23.2 Å². The number of benzene rings is 2. The third-order valence-corrected chi connectivity index (χ3v) is 8.83. The molecule has 0 unspecified atom stereocenters. The molecule has 13 heteroatoms. The number of aromatic nitrogens is 1. The lowest BCUT2D eigenvalue weighted by Crippen LogP contribution is -2.33. The molecule has 180 valence electrons. The second-order valence-electron chi connectivity index (χ2n) is 7.66. The molecule has 0 fully saturated rings. The van der Waals surface area contributed by atoms with E-state index in [0.717, 1.165) is 40.1 Å². The van der Waals surface area contributed by atoms with Gasteiger partial charge in [0, 0.05) is 29.4 Å². The molecular weight excluding hydrogens is 535 g/mol. The summed E-state index contributed by atoms with van der Waals surface area (Å²) < 4.78 is 27.7. The van der Waals surface area contributed by atoms with Crippen molar-refractivity contribution in [2.75, 3.05) is 17.2 Å². The topological polar surface area (TPSA) is 130 Å². The predicted octanol–water partition coefficient (Wildman–Crippen LogP) is 4.54. The normalized spacial score (nSPS) is 12.9.